The van der Waals surface area contributed by atoms with E-state index in [1.54, 1.807) is 5.56 Å². The summed E-state index contributed by atoms with van der Waals surface area (Å²) in [5.41, 5.74) is 4.21. The van der Waals surface area contributed by atoms with Gasteiger partial charge >= 0.3 is 0 Å². The second-order valence-electron chi connectivity index (χ2n) is 9.05. The van der Waals surface area contributed by atoms with E-state index in [9.17, 15) is 5.11 Å². The molecule has 0 unspecified atom stereocenters. The van der Waals surface area contributed by atoms with Gasteiger partial charge in [0.05, 0.1) is 0 Å². The number of phenols is 1. The highest BCUT2D eigenvalue weighted by Crippen LogP contribution is 2.46. The van der Waals surface area contributed by atoms with Crippen LogP contribution in [-0.2, 0) is 0 Å². The molecule has 0 aliphatic heterocycles. The fraction of sp³-hybridized carbons (Fsp3) is 0.750. The third-order valence-electron chi connectivity index (χ3n) is 7.36. The van der Waals surface area contributed by atoms with Gasteiger partial charge in [0.25, 0.3) is 0 Å². The highest BCUT2D eigenvalue weighted by Gasteiger charge is 2.27. The van der Waals surface area contributed by atoms with E-state index in [-0.39, 0.29) is 0 Å². The van der Waals surface area contributed by atoms with Crippen molar-refractivity contribution in [1.29, 1.82) is 0 Å². The van der Waals surface area contributed by atoms with Crippen LogP contribution in [0.15, 0.2) is 12.1 Å². The van der Waals surface area contributed by atoms with Gasteiger partial charge in [0.15, 0.2) is 0 Å². The summed E-state index contributed by atoms with van der Waals surface area (Å²) in [6.07, 6.45) is 20.2. The van der Waals surface area contributed by atoms with Crippen LogP contribution in [0, 0.1) is 0 Å². The number of hydrogen-bond acceptors (Lipinski definition) is 1. The van der Waals surface area contributed by atoms with Crippen molar-refractivity contribution in [3.8, 4) is 5.75 Å². The van der Waals surface area contributed by atoms with Crippen molar-refractivity contribution in [1.82, 2.24) is 0 Å². The summed E-state index contributed by atoms with van der Waals surface area (Å²) in [6.45, 7) is 0. The minimum atomic E-state index is 0.611. The van der Waals surface area contributed by atoms with Gasteiger partial charge in [-0.25, -0.2) is 0 Å². The highest BCUT2D eigenvalue weighted by molar-refractivity contribution is 5.48. The molecule has 0 spiro atoms. The Morgan fingerprint density at radius 2 is 0.880 bits per heavy atom. The van der Waals surface area contributed by atoms with Crippen LogP contribution in [0.3, 0.4) is 0 Å². The molecule has 0 heterocycles. The van der Waals surface area contributed by atoms with Crippen LogP contribution in [-0.4, -0.2) is 5.11 Å². The molecule has 3 aliphatic carbocycles. The molecule has 1 nitrogen and oxygen atoms in total. The predicted molar refractivity (Wildman–Crippen MR) is 106 cm³/mol. The van der Waals surface area contributed by atoms with E-state index >= 15 is 0 Å². The first kappa shape index (κ1) is 17.4. The zero-order valence-corrected chi connectivity index (χ0v) is 15.9. The molecule has 3 fully saturated rings. The first-order valence-electron chi connectivity index (χ1n) is 11.2. The van der Waals surface area contributed by atoms with E-state index in [1.165, 1.54) is 107 Å². The summed E-state index contributed by atoms with van der Waals surface area (Å²) >= 11 is 0. The van der Waals surface area contributed by atoms with Crippen LogP contribution in [0.2, 0.25) is 0 Å². The predicted octanol–water partition coefficient (Wildman–Crippen LogP) is 7.54. The van der Waals surface area contributed by atoms with Crippen molar-refractivity contribution in [2.45, 2.75) is 114 Å². The molecule has 1 aromatic rings. The SMILES string of the molecule is Oc1c(C2CCCCC2)cc(C2CCCCC2)cc1C1CCCCC1. The van der Waals surface area contributed by atoms with E-state index in [1.807, 2.05) is 0 Å². The van der Waals surface area contributed by atoms with Crippen LogP contribution in [0.5, 0.6) is 5.75 Å². The van der Waals surface area contributed by atoms with Gasteiger partial charge in [-0.15, -0.1) is 0 Å². The molecule has 4 rings (SSSR count). The van der Waals surface area contributed by atoms with E-state index < -0.39 is 0 Å². The normalized spacial score (nSPS) is 24.5. The van der Waals surface area contributed by atoms with Crippen LogP contribution in [0.25, 0.3) is 0 Å². The monoisotopic (exact) mass is 340 g/mol. The Labute approximate surface area is 154 Å². The Bertz CT molecular complexity index is 518. The van der Waals surface area contributed by atoms with Crippen molar-refractivity contribution >= 4 is 0 Å². The van der Waals surface area contributed by atoms with Crippen LogP contribution in [0.1, 0.15) is 131 Å². The lowest BCUT2D eigenvalue weighted by Crippen LogP contribution is -2.12. The largest absolute Gasteiger partial charge is 0.507 e. The topological polar surface area (TPSA) is 20.2 Å². The maximum atomic E-state index is 11.2. The Morgan fingerprint density at radius 1 is 0.520 bits per heavy atom. The molecule has 0 bridgehead atoms. The highest BCUT2D eigenvalue weighted by atomic mass is 16.3. The lowest BCUT2D eigenvalue weighted by molar-refractivity contribution is 0.390. The molecule has 1 aromatic carbocycles. The summed E-state index contributed by atoms with van der Waals surface area (Å²) in [5.74, 6) is 2.66. The Morgan fingerprint density at radius 3 is 1.28 bits per heavy atom. The van der Waals surface area contributed by atoms with Gasteiger partial charge in [-0.1, -0.05) is 69.9 Å². The molecule has 3 saturated carbocycles. The van der Waals surface area contributed by atoms with Gasteiger partial charge in [-0.2, -0.15) is 0 Å². The number of rotatable bonds is 3. The van der Waals surface area contributed by atoms with Crippen LogP contribution >= 0.6 is 0 Å². The molecular formula is C24H36O. The van der Waals surface area contributed by atoms with Crippen molar-refractivity contribution in [3.63, 3.8) is 0 Å². The van der Waals surface area contributed by atoms with Crippen LogP contribution in [0.4, 0.5) is 0 Å². The molecule has 0 amide bonds. The maximum absolute atomic E-state index is 11.2. The number of phenolic OH excluding ortho intramolecular Hbond substituents is 1. The van der Waals surface area contributed by atoms with E-state index in [0.29, 0.717) is 17.6 Å². The second kappa shape index (κ2) is 8.14. The van der Waals surface area contributed by atoms with Gasteiger partial charge in [-0.3, -0.25) is 0 Å². The average Bonchev–Trinajstić information content (AvgIpc) is 2.70. The van der Waals surface area contributed by atoms with E-state index in [0.717, 1.165) is 5.92 Å². The van der Waals surface area contributed by atoms with Gasteiger partial charge in [0.2, 0.25) is 0 Å². The fourth-order valence-corrected chi connectivity index (χ4v) is 5.83. The molecule has 1 heteroatoms. The van der Waals surface area contributed by atoms with Crippen molar-refractivity contribution in [2.24, 2.45) is 0 Å². The fourth-order valence-electron chi connectivity index (χ4n) is 5.83. The summed E-state index contributed by atoms with van der Waals surface area (Å²) < 4.78 is 0. The molecular weight excluding hydrogens is 304 g/mol. The molecule has 138 valence electrons. The van der Waals surface area contributed by atoms with Gasteiger partial charge in [-0.05, 0) is 73.0 Å². The van der Waals surface area contributed by atoms with Crippen molar-refractivity contribution < 1.29 is 5.11 Å². The first-order chi connectivity index (χ1) is 12.3. The zero-order chi connectivity index (χ0) is 17.1. The standard InChI is InChI=1S/C24H36O/c25-24-22(19-12-6-2-7-13-19)16-21(18-10-4-1-5-11-18)17-23(24)20-14-8-3-9-15-20/h16-20,25H,1-15H2. The third kappa shape index (κ3) is 3.91. The number of benzene rings is 1. The molecule has 0 aromatic heterocycles. The van der Waals surface area contributed by atoms with Crippen LogP contribution < -0.4 is 0 Å². The average molecular weight is 341 g/mol. The maximum Gasteiger partial charge on any atom is 0.122 e. The second-order valence-corrected chi connectivity index (χ2v) is 9.05. The smallest absolute Gasteiger partial charge is 0.122 e. The number of aromatic hydroxyl groups is 1. The molecule has 3 aliphatic rings. The molecule has 0 saturated heterocycles. The van der Waals surface area contributed by atoms with Crippen molar-refractivity contribution in [3.05, 3.63) is 28.8 Å². The summed E-state index contributed by atoms with van der Waals surface area (Å²) in [5, 5.41) is 11.2. The van der Waals surface area contributed by atoms with E-state index in [2.05, 4.69) is 12.1 Å². The van der Waals surface area contributed by atoms with Gasteiger partial charge in [0.1, 0.15) is 5.75 Å². The van der Waals surface area contributed by atoms with Gasteiger partial charge < -0.3 is 5.11 Å². The Hall–Kier alpha value is -0.980. The van der Waals surface area contributed by atoms with Crippen molar-refractivity contribution in [2.75, 3.05) is 0 Å². The molecule has 25 heavy (non-hydrogen) atoms. The number of hydrogen-bond donors (Lipinski definition) is 1. The summed E-state index contributed by atoms with van der Waals surface area (Å²) in [7, 11) is 0. The van der Waals surface area contributed by atoms with E-state index in [4.69, 9.17) is 0 Å². The lowest BCUT2D eigenvalue weighted by Gasteiger charge is -2.30. The Balaban J connectivity index is 1.70. The summed E-state index contributed by atoms with van der Waals surface area (Å²) in [4.78, 5) is 0. The zero-order valence-electron chi connectivity index (χ0n) is 15.9. The quantitative estimate of drug-likeness (QED) is 0.602. The summed E-state index contributed by atoms with van der Waals surface area (Å²) in [6, 6.07) is 4.88. The van der Waals surface area contributed by atoms with Gasteiger partial charge in [0, 0.05) is 0 Å². The Kier molecular flexibility index (Phi) is 5.68. The minimum Gasteiger partial charge on any atom is -0.507 e. The third-order valence-corrected chi connectivity index (χ3v) is 7.36. The lowest BCUT2D eigenvalue weighted by atomic mass is 9.75. The molecule has 0 atom stereocenters. The molecule has 0 radical (unpaired) electrons. The first-order valence-corrected chi connectivity index (χ1v) is 11.2. The molecule has 1 N–H and O–H groups in total. The minimum absolute atomic E-state index is 0.611.